The van der Waals surface area contributed by atoms with E-state index in [4.69, 9.17) is 18.7 Å². The summed E-state index contributed by atoms with van der Waals surface area (Å²) in [5.74, 6) is 1.60. The minimum absolute atomic E-state index is 0.0850. The Hall–Kier alpha value is -2.76. The molecule has 2 aromatic rings. The molecule has 108 valence electrons. The third-order valence-corrected chi connectivity index (χ3v) is 2.85. The van der Waals surface area contributed by atoms with Crippen molar-refractivity contribution in [2.75, 3.05) is 6.79 Å². The van der Waals surface area contributed by atoms with Crippen LogP contribution in [0.1, 0.15) is 17.0 Å². The van der Waals surface area contributed by atoms with Crippen molar-refractivity contribution in [1.29, 1.82) is 0 Å². The van der Waals surface area contributed by atoms with Gasteiger partial charge in [0.2, 0.25) is 6.79 Å². The van der Waals surface area contributed by atoms with Crippen LogP contribution >= 0.6 is 0 Å². The molecule has 0 aliphatic carbocycles. The molecule has 0 radical (unpaired) electrons. The van der Waals surface area contributed by atoms with Crippen LogP contribution in [0.15, 0.2) is 34.9 Å². The van der Waals surface area contributed by atoms with Crippen molar-refractivity contribution in [3.05, 3.63) is 47.4 Å². The van der Waals surface area contributed by atoms with Gasteiger partial charge in [0, 0.05) is 12.1 Å². The maximum Gasteiger partial charge on any atom is 0.331 e. The lowest BCUT2D eigenvalue weighted by Crippen LogP contribution is -2.00. The van der Waals surface area contributed by atoms with Crippen LogP contribution in [-0.4, -0.2) is 17.9 Å². The van der Waals surface area contributed by atoms with Gasteiger partial charge in [0.1, 0.15) is 18.1 Å². The quantitative estimate of drug-likeness (QED) is 0.635. The van der Waals surface area contributed by atoms with Crippen LogP contribution in [0.25, 0.3) is 6.08 Å². The number of ether oxygens (including phenoxy) is 3. The average Bonchev–Trinajstić information content (AvgIpc) is 3.10. The van der Waals surface area contributed by atoms with Crippen molar-refractivity contribution < 1.29 is 23.5 Å². The number of fused-ring (bicyclic) bond motifs is 1. The average molecular weight is 287 g/mol. The molecule has 2 heterocycles. The van der Waals surface area contributed by atoms with Crippen molar-refractivity contribution in [2.24, 2.45) is 0 Å². The van der Waals surface area contributed by atoms with Gasteiger partial charge >= 0.3 is 5.97 Å². The Morgan fingerprint density at radius 1 is 1.33 bits per heavy atom. The molecule has 1 aliphatic heterocycles. The second-order valence-corrected chi connectivity index (χ2v) is 4.48. The molecule has 3 rings (SSSR count). The molecule has 6 heteroatoms. The Morgan fingerprint density at radius 3 is 3.00 bits per heavy atom. The van der Waals surface area contributed by atoms with Crippen LogP contribution in [-0.2, 0) is 16.1 Å². The molecule has 6 nitrogen and oxygen atoms in total. The summed E-state index contributed by atoms with van der Waals surface area (Å²) in [5, 5.41) is 3.74. The number of benzene rings is 1. The first-order valence-corrected chi connectivity index (χ1v) is 6.37. The zero-order valence-electron chi connectivity index (χ0n) is 11.4. The maximum atomic E-state index is 11.6. The van der Waals surface area contributed by atoms with Crippen LogP contribution in [0, 0.1) is 6.92 Å². The van der Waals surface area contributed by atoms with Gasteiger partial charge in [-0.05, 0) is 30.7 Å². The molecule has 21 heavy (non-hydrogen) atoms. The van der Waals surface area contributed by atoms with E-state index in [1.54, 1.807) is 31.2 Å². The molecular weight excluding hydrogens is 274 g/mol. The van der Waals surface area contributed by atoms with E-state index in [1.807, 2.05) is 6.07 Å². The molecule has 0 saturated carbocycles. The molecule has 0 N–H and O–H groups in total. The summed E-state index contributed by atoms with van der Waals surface area (Å²) in [4.78, 5) is 11.6. The molecule has 1 aliphatic rings. The summed E-state index contributed by atoms with van der Waals surface area (Å²) in [7, 11) is 0. The van der Waals surface area contributed by atoms with Crippen LogP contribution < -0.4 is 9.47 Å². The van der Waals surface area contributed by atoms with E-state index < -0.39 is 5.97 Å². The van der Waals surface area contributed by atoms with Gasteiger partial charge in [0.05, 0.1) is 0 Å². The summed E-state index contributed by atoms with van der Waals surface area (Å²) in [6.45, 7) is 2.08. The Labute approximate surface area is 120 Å². The lowest BCUT2D eigenvalue weighted by atomic mass is 10.2. The highest BCUT2D eigenvalue weighted by atomic mass is 16.7. The largest absolute Gasteiger partial charge is 0.456 e. The number of carbonyl (C=O) groups is 1. The molecule has 1 aromatic carbocycles. The molecule has 0 atom stereocenters. The van der Waals surface area contributed by atoms with E-state index in [0.29, 0.717) is 23.0 Å². The van der Waals surface area contributed by atoms with Crippen molar-refractivity contribution in [3.63, 3.8) is 0 Å². The number of esters is 1. The zero-order chi connectivity index (χ0) is 14.7. The van der Waals surface area contributed by atoms with Crippen LogP contribution in [0.2, 0.25) is 0 Å². The monoisotopic (exact) mass is 287 g/mol. The van der Waals surface area contributed by atoms with E-state index in [0.717, 1.165) is 5.56 Å². The highest BCUT2D eigenvalue weighted by Crippen LogP contribution is 2.32. The number of nitrogens with zero attached hydrogens (tertiary/aromatic N) is 1. The van der Waals surface area contributed by atoms with E-state index in [-0.39, 0.29) is 13.4 Å². The second-order valence-electron chi connectivity index (χ2n) is 4.48. The van der Waals surface area contributed by atoms with Gasteiger partial charge in [-0.15, -0.1) is 0 Å². The Morgan fingerprint density at radius 2 is 2.19 bits per heavy atom. The number of carbonyl (C=O) groups excluding carboxylic acids is 1. The smallest absolute Gasteiger partial charge is 0.331 e. The highest BCUT2D eigenvalue weighted by molar-refractivity contribution is 5.87. The van der Waals surface area contributed by atoms with Gasteiger partial charge in [-0.25, -0.2) is 4.79 Å². The van der Waals surface area contributed by atoms with Crippen molar-refractivity contribution in [2.45, 2.75) is 13.5 Å². The minimum atomic E-state index is -0.451. The fraction of sp³-hybridized carbons (Fsp3) is 0.200. The summed E-state index contributed by atoms with van der Waals surface area (Å²) < 4.78 is 20.4. The first-order valence-electron chi connectivity index (χ1n) is 6.37. The van der Waals surface area contributed by atoms with E-state index in [9.17, 15) is 4.79 Å². The topological polar surface area (TPSA) is 70.8 Å². The molecule has 1 aromatic heterocycles. The summed E-state index contributed by atoms with van der Waals surface area (Å²) in [6.07, 6.45) is 3.00. The normalized spacial score (nSPS) is 12.8. The SMILES string of the molecule is Cc1cc(COC(=O)/C=C/c2ccc3c(c2)OCO3)no1. The Balaban J connectivity index is 1.56. The molecule has 0 fully saturated rings. The van der Waals surface area contributed by atoms with Gasteiger partial charge in [0.25, 0.3) is 0 Å². The molecule has 0 spiro atoms. The van der Waals surface area contributed by atoms with Crippen molar-refractivity contribution >= 4 is 12.0 Å². The highest BCUT2D eigenvalue weighted by Gasteiger charge is 2.12. The molecule has 0 saturated heterocycles. The molecule has 0 unspecified atom stereocenters. The minimum Gasteiger partial charge on any atom is -0.456 e. The third-order valence-electron chi connectivity index (χ3n) is 2.85. The third kappa shape index (κ3) is 3.22. The second kappa shape index (κ2) is 5.70. The van der Waals surface area contributed by atoms with Gasteiger partial charge in [-0.3, -0.25) is 0 Å². The zero-order valence-corrected chi connectivity index (χ0v) is 11.4. The lowest BCUT2D eigenvalue weighted by molar-refractivity contribution is -0.139. The molecule has 0 bridgehead atoms. The first-order chi connectivity index (χ1) is 10.2. The van der Waals surface area contributed by atoms with E-state index in [1.165, 1.54) is 6.08 Å². The standard InChI is InChI=1S/C15H13NO5/c1-10-6-12(16-21-10)8-18-15(17)5-3-11-2-4-13-14(7-11)20-9-19-13/h2-7H,8-9H2,1H3/b5-3+. The number of hydrogen-bond acceptors (Lipinski definition) is 6. The van der Waals surface area contributed by atoms with Crippen LogP contribution in [0.5, 0.6) is 11.5 Å². The fourth-order valence-corrected chi connectivity index (χ4v) is 1.86. The summed E-state index contributed by atoms with van der Waals surface area (Å²) in [6, 6.07) is 7.14. The lowest BCUT2D eigenvalue weighted by Gasteiger charge is -1.99. The number of aromatic nitrogens is 1. The predicted molar refractivity (Wildman–Crippen MR) is 72.6 cm³/mol. The number of hydrogen-bond donors (Lipinski definition) is 0. The Kier molecular flexibility index (Phi) is 3.59. The van der Waals surface area contributed by atoms with Crippen molar-refractivity contribution in [3.8, 4) is 11.5 Å². The first kappa shape index (κ1) is 13.2. The van der Waals surface area contributed by atoms with Crippen molar-refractivity contribution in [1.82, 2.24) is 5.16 Å². The van der Waals surface area contributed by atoms with E-state index in [2.05, 4.69) is 5.16 Å². The predicted octanol–water partition coefficient (Wildman–Crippen LogP) is 2.47. The van der Waals surface area contributed by atoms with Crippen LogP contribution in [0.4, 0.5) is 0 Å². The Bertz CT molecular complexity index is 689. The summed E-state index contributed by atoms with van der Waals surface area (Å²) >= 11 is 0. The van der Waals surface area contributed by atoms with Gasteiger partial charge in [-0.1, -0.05) is 11.2 Å². The van der Waals surface area contributed by atoms with E-state index >= 15 is 0 Å². The van der Waals surface area contributed by atoms with Gasteiger partial charge in [-0.2, -0.15) is 0 Å². The van der Waals surface area contributed by atoms with Gasteiger partial charge < -0.3 is 18.7 Å². The van der Waals surface area contributed by atoms with Gasteiger partial charge in [0.15, 0.2) is 11.5 Å². The molecule has 0 amide bonds. The summed E-state index contributed by atoms with van der Waals surface area (Å²) in [5.41, 5.74) is 1.41. The number of aryl methyl sites for hydroxylation is 1. The molecular formula is C15H13NO5. The maximum absolute atomic E-state index is 11.6. The fourth-order valence-electron chi connectivity index (χ4n) is 1.86. The number of rotatable bonds is 4. The van der Waals surface area contributed by atoms with Crippen LogP contribution in [0.3, 0.4) is 0 Å².